The Hall–Kier alpha value is -1.10. The van der Waals surface area contributed by atoms with Crippen LogP contribution >= 0.6 is 0 Å². The minimum absolute atomic E-state index is 0.0451. The summed E-state index contributed by atoms with van der Waals surface area (Å²) in [5.74, 6) is -0.206. The van der Waals surface area contributed by atoms with Crippen LogP contribution in [0.4, 0.5) is 0 Å². The molecule has 0 unspecified atom stereocenters. The fourth-order valence-corrected chi connectivity index (χ4v) is 1.93. The van der Waals surface area contributed by atoms with Crippen LogP contribution < -0.4 is 0 Å². The van der Waals surface area contributed by atoms with Gasteiger partial charge in [-0.1, -0.05) is 0 Å². The molecule has 0 spiro atoms. The molecule has 15 heavy (non-hydrogen) atoms. The smallest absolute Gasteiger partial charge is 0.303 e. The van der Waals surface area contributed by atoms with Crippen LogP contribution in [-0.4, -0.2) is 36.2 Å². The zero-order valence-electron chi connectivity index (χ0n) is 9.10. The van der Waals surface area contributed by atoms with Crippen LogP contribution in [0.25, 0.3) is 0 Å². The molecule has 1 amide bonds. The highest BCUT2D eigenvalue weighted by molar-refractivity contribution is 5.75. The predicted molar refractivity (Wildman–Crippen MR) is 52.9 cm³/mol. The van der Waals surface area contributed by atoms with Crippen molar-refractivity contribution >= 4 is 11.9 Å². The quantitative estimate of drug-likeness (QED) is 0.692. The first-order chi connectivity index (χ1) is 7.02. The molecule has 0 saturated heterocycles. The summed E-state index contributed by atoms with van der Waals surface area (Å²) in [5.41, 5.74) is 0. The molecule has 1 aliphatic carbocycles. The molecule has 1 rings (SSSR count). The van der Waals surface area contributed by atoms with Gasteiger partial charge in [0.1, 0.15) is 0 Å². The van der Waals surface area contributed by atoms with Crippen molar-refractivity contribution in [2.45, 2.75) is 25.7 Å². The first kappa shape index (κ1) is 12.0. The Balaban J connectivity index is 2.17. The third kappa shape index (κ3) is 3.51. The molecule has 1 N–H and O–H groups in total. The van der Waals surface area contributed by atoms with E-state index >= 15 is 0 Å². The summed E-state index contributed by atoms with van der Waals surface area (Å²) in [6, 6.07) is 0. The van der Waals surface area contributed by atoms with Gasteiger partial charge < -0.3 is 5.11 Å². The van der Waals surface area contributed by atoms with Gasteiger partial charge in [-0.05, 0) is 24.7 Å². The Kier molecular flexibility index (Phi) is 4.08. The molecular formula is C10H17NO4. The van der Waals surface area contributed by atoms with Crippen molar-refractivity contribution in [1.29, 1.82) is 0 Å². The van der Waals surface area contributed by atoms with E-state index in [1.165, 1.54) is 12.2 Å². The Morgan fingerprint density at radius 3 is 2.33 bits per heavy atom. The van der Waals surface area contributed by atoms with Gasteiger partial charge in [0.05, 0.1) is 7.11 Å². The second-order valence-electron chi connectivity index (χ2n) is 4.08. The molecule has 1 fully saturated rings. The molecule has 86 valence electrons. The minimum Gasteiger partial charge on any atom is -0.481 e. The number of carboxylic acids is 1. The lowest BCUT2D eigenvalue weighted by molar-refractivity contribution is -0.170. The molecule has 0 heterocycles. The molecule has 0 atom stereocenters. The molecule has 5 heteroatoms. The number of rotatable bonds is 5. The average molecular weight is 215 g/mol. The average Bonchev–Trinajstić information content (AvgIpc) is 2.12. The molecule has 0 aliphatic heterocycles. The van der Waals surface area contributed by atoms with Gasteiger partial charge in [0.25, 0.3) is 0 Å². The van der Waals surface area contributed by atoms with E-state index < -0.39 is 5.97 Å². The third-order valence-corrected chi connectivity index (χ3v) is 2.89. The second-order valence-corrected chi connectivity index (χ2v) is 4.08. The maximum Gasteiger partial charge on any atom is 0.303 e. The number of carboxylic acid groups (broad SMARTS) is 1. The van der Waals surface area contributed by atoms with E-state index in [1.54, 1.807) is 7.05 Å². The molecule has 0 bridgehead atoms. The van der Waals surface area contributed by atoms with Gasteiger partial charge in [0, 0.05) is 19.9 Å². The normalized spacial score (nSPS) is 24.4. The molecule has 0 aromatic carbocycles. The zero-order chi connectivity index (χ0) is 11.4. The first-order valence-electron chi connectivity index (χ1n) is 5.05. The van der Waals surface area contributed by atoms with Crippen molar-refractivity contribution in [3.63, 3.8) is 0 Å². The number of carbonyl (C=O) groups is 2. The van der Waals surface area contributed by atoms with Crippen LogP contribution in [0.15, 0.2) is 0 Å². The van der Waals surface area contributed by atoms with Crippen molar-refractivity contribution in [3.8, 4) is 0 Å². The lowest BCUT2D eigenvalue weighted by atomic mass is 9.71. The van der Waals surface area contributed by atoms with Crippen molar-refractivity contribution in [2.24, 2.45) is 11.8 Å². The fourth-order valence-electron chi connectivity index (χ4n) is 1.93. The number of hydrogen-bond donors (Lipinski definition) is 1. The summed E-state index contributed by atoms with van der Waals surface area (Å²) in [4.78, 5) is 26.5. The molecule has 0 aromatic heterocycles. The summed E-state index contributed by atoms with van der Waals surface area (Å²) in [7, 11) is 3.03. The number of carbonyl (C=O) groups excluding carboxylic acids is 1. The van der Waals surface area contributed by atoms with Gasteiger partial charge in [-0.15, -0.1) is 0 Å². The van der Waals surface area contributed by atoms with Crippen molar-refractivity contribution in [3.05, 3.63) is 0 Å². The minimum atomic E-state index is -0.751. The summed E-state index contributed by atoms with van der Waals surface area (Å²) in [6.45, 7) is 0. The SMILES string of the molecule is CON(C)C(=O)CC1CC(CC(=O)O)C1. The highest BCUT2D eigenvalue weighted by Crippen LogP contribution is 2.38. The standard InChI is InChI=1S/C10H17NO4/c1-11(15-2)9(12)5-7-3-8(4-7)6-10(13)14/h7-8H,3-6H2,1-2H3,(H,13,14). The molecular weight excluding hydrogens is 198 g/mol. The number of aliphatic carboxylic acids is 1. The first-order valence-corrected chi connectivity index (χ1v) is 5.05. The lowest BCUT2D eigenvalue weighted by Gasteiger charge is -2.34. The topological polar surface area (TPSA) is 66.8 Å². The van der Waals surface area contributed by atoms with Crippen molar-refractivity contribution in [1.82, 2.24) is 5.06 Å². The van der Waals surface area contributed by atoms with E-state index in [0.717, 1.165) is 12.8 Å². The highest BCUT2D eigenvalue weighted by Gasteiger charge is 2.32. The molecule has 0 aromatic rings. The van der Waals surface area contributed by atoms with Gasteiger partial charge in [-0.2, -0.15) is 0 Å². The van der Waals surface area contributed by atoms with Crippen LogP contribution in [0, 0.1) is 11.8 Å². The van der Waals surface area contributed by atoms with Gasteiger partial charge in [-0.25, -0.2) is 5.06 Å². The number of hydroxylamine groups is 2. The Labute approximate surface area is 89.0 Å². The van der Waals surface area contributed by atoms with E-state index in [9.17, 15) is 9.59 Å². The molecule has 5 nitrogen and oxygen atoms in total. The van der Waals surface area contributed by atoms with Crippen molar-refractivity contribution < 1.29 is 19.5 Å². The molecule has 1 aliphatic rings. The second kappa shape index (κ2) is 5.11. The summed E-state index contributed by atoms with van der Waals surface area (Å²) in [6.07, 6.45) is 2.37. The Morgan fingerprint density at radius 2 is 1.87 bits per heavy atom. The Morgan fingerprint density at radius 1 is 1.33 bits per heavy atom. The van der Waals surface area contributed by atoms with E-state index in [4.69, 9.17) is 9.94 Å². The van der Waals surface area contributed by atoms with Crippen LogP contribution in [0.3, 0.4) is 0 Å². The van der Waals surface area contributed by atoms with Crippen LogP contribution in [0.1, 0.15) is 25.7 Å². The predicted octanol–water partition coefficient (Wildman–Crippen LogP) is 0.897. The van der Waals surface area contributed by atoms with Gasteiger partial charge in [0.15, 0.2) is 0 Å². The van der Waals surface area contributed by atoms with Crippen molar-refractivity contribution in [2.75, 3.05) is 14.2 Å². The summed E-state index contributed by atoms with van der Waals surface area (Å²) in [5, 5.41) is 9.76. The maximum atomic E-state index is 11.4. The maximum absolute atomic E-state index is 11.4. The monoisotopic (exact) mass is 215 g/mol. The highest BCUT2D eigenvalue weighted by atomic mass is 16.7. The van der Waals surface area contributed by atoms with Gasteiger partial charge in [0.2, 0.25) is 5.91 Å². The fraction of sp³-hybridized carbons (Fsp3) is 0.800. The lowest BCUT2D eigenvalue weighted by Crippen LogP contribution is -2.33. The van der Waals surface area contributed by atoms with Gasteiger partial charge >= 0.3 is 5.97 Å². The summed E-state index contributed by atoms with van der Waals surface area (Å²) < 4.78 is 0. The zero-order valence-corrected chi connectivity index (χ0v) is 9.10. The van der Waals surface area contributed by atoms with Crippen LogP contribution in [0.2, 0.25) is 0 Å². The van der Waals surface area contributed by atoms with E-state index in [1.807, 2.05) is 0 Å². The van der Waals surface area contributed by atoms with E-state index in [2.05, 4.69) is 0 Å². The number of amides is 1. The van der Waals surface area contributed by atoms with Crippen LogP contribution in [0.5, 0.6) is 0 Å². The largest absolute Gasteiger partial charge is 0.481 e. The molecule has 1 saturated carbocycles. The molecule has 0 radical (unpaired) electrons. The number of hydrogen-bond acceptors (Lipinski definition) is 3. The number of nitrogens with zero attached hydrogens (tertiary/aromatic N) is 1. The van der Waals surface area contributed by atoms with E-state index in [-0.39, 0.29) is 18.2 Å². The Bertz CT molecular complexity index is 248. The van der Waals surface area contributed by atoms with Gasteiger partial charge in [-0.3, -0.25) is 14.4 Å². The van der Waals surface area contributed by atoms with E-state index in [0.29, 0.717) is 12.3 Å². The summed E-state index contributed by atoms with van der Waals surface area (Å²) >= 11 is 0. The van der Waals surface area contributed by atoms with Crippen LogP contribution in [-0.2, 0) is 14.4 Å². The third-order valence-electron chi connectivity index (χ3n) is 2.89.